The fourth-order valence-corrected chi connectivity index (χ4v) is 7.72. The number of aromatic nitrogens is 4. The molecule has 1 fully saturated rings. The van der Waals surface area contributed by atoms with Crippen LogP contribution in [0.5, 0.6) is 0 Å². The standard InChI is InChI=1S/C50H63N9O14/c60-43-13-12-41(48(62)56-43)59-49(63)39-6-3-7-40(44(39)50(59)64)51-15-18-66-20-22-68-24-26-70-28-30-72-32-31-71-29-27-69-25-23-67-21-19-65-16-2-1-14-52-47(61)37-10-8-36(9-11-37)45-46-57-55-35-58(46)42(34-54-45)53-33-38-5-4-17-73-38/h3-11,17,34-35,41,51,53H,1-2,12-16,18-33H2,(H,52,61)(H,56,60,62). The summed E-state index contributed by atoms with van der Waals surface area (Å²) >= 11 is 0. The second kappa shape index (κ2) is 29.7. The lowest BCUT2D eigenvalue weighted by atomic mass is 10.0. The largest absolute Gasteiger partial charge is 0.467 e. The molecule has 2 aliphatic rings. The SMILES string of the molecule is O=C1CCC(N2C(=O)c3cccc(NCCOCCOCCOCCOCCOCCOCCOCCOCCCCNC(=O)c4ccc(-c5ncc(NCc6ccco6)n6cnnc56)cc4)c3C2=O)C(=O)N1. The number of piperidine rings is 1. The molecular weight excluding hydrogens is 951 g/mol. The van der Waals surface area contributed by atoms with Crippen molar-refractivity contribution in [1.29, 1.82) is 0 Å². The van der Waals surface area contributed by atoms with Gasteiger partial charge in [0.05, 0.1) is 129 Å². The lowest BCUT2D eigenvalue weighted by Crippen LogP contribution is -2.54. The van der Waals surface area contributed by atoms with E-state index in [1.807, 2.05) is 28.7 Å². The highest BCUT2D eigenvalue weighted by atomic mass is 16.6. The first kappa shape index (κ1) is 54.1. The monoisotopic (exact) mass is 1010 g/mol. The predicted molar refractivity (Wildman–Crippen MR) is 262 cm³/mol. The zero-order valence-electron chi connectivity index (χ0n) is 40.7. The van der Waals surface area contributed by atoms with Crippen molar-refractivity contribution >= 4 is 46.7 Å². The van der Waals surface area contributed by atoms with Crippen LogP contribution < -0.4 is 21.3 Å². The number of anilines is 2. The molecule has 1 atom stereocenters. The molecule has 0 bridgehead atoms. The van der Waals surface area contributed by atoms with Gasteiger partial charge in [0.25, 0.3) is 17.7 Å². The molecule has 23 nitrogen and oxygen atoms in total. The van der Waals surface area contributed by atoms with E-state index in [1.54, 1.807) is 49.1 Å². The summed E-state index contributed by atoms with van der Waals surface area (Å²) in [5.74, 6) is -0.813. The first-order valence-corrected chi connectivity index (χ1v) is 24.4. The van der Waals surface area contributed by atoms with Crippen molar-refractivity contribution < 1.29 is 66.3 Å². The highest BCUT2D eigenvalue weighted by Crippen LogP contribution is 2.32. The zero-order valence-corrected chi connectivity index (χ0v) is 40.7. The molecule has 0 radical (unpaired) electrons. The van der Waals surface area contributed by atoms with Gasteiger partial charge >= 0.3 is 0 Å². The van der Waals surface area contributed by atoms with Gasteiger partial charge in [-0.05, 0) is 55.7 Å². The quantitative estimate of drug-likeness (QED) is 0.0332. The van der Waals surface area contributed by atoms with Crippen LogP contribution in [0.2, 0.25) is 0 Å². The minimum absolute atomic E-state index is 0.0592. The fraction of sp³-hybridized carbons (Fsp3) is 0.480. The van der Waals surface area contributed by atoms with Crippen LogP contribution in [0, 0.1) is 0 Å². The number of ether oxygens (including phenoxy) is 8. The Labute approximate surface area is 421 Å². The average molecular weight is 1010 g/mol. The number of hydrogen-bond donors (Lipinski definition) is 4. The van der Waals surface area contributed by atoms with Gasteiger partial charge in [0.1, 0.15) is 29.6 Å². The first-order valence-electron chi connectivity index (χ1n) is 24.4. The Morgan fingerprint density at radius 3 is 1.93 bits per heavy atom. The molecule has 2 aliphatic heterocycles. The third-order valence-corrected chi connectivity index (χ3v) is 11.4. The highest BCUT2D eigenvalue weighted by molar-refractivity contribution is 6.25. The molecule has 73 heavy (non-hydrogen) atoms. The van der Waals surface area contributed by atoms with Crippen LogP contribution in [0.1, 0.15) is 62.5 Å². The number of hydrogen-bond acceptors (Lipinski definition) is 19. The van der Waals surface area contributed by atoms with Crippen LogP contribution in [0.3, 0.4) is 0 Å². The maximum absolute atomic E-state index is 13.2. The van der Waals surface area contributed by atoms with E-state index in [2.05, 4.69) is 36.4 Å². The third kappa shape index (κ3) is 16.4. The van der Waals surface area contributed by atoms with Crippen LogP contribution >= 0.6 is 0 Å². The topological polar surface area (TPSA) is 267 Å². The summed E-state index contributed by atoms with van der Waals surface area (Å²) in [4.78, 5) is 68.4. The Morgan fingerprint density at radius 1 is 0.685 bits per heavy atom. The summed E-state index contributed by atoms with van der Waals surface area (Å²) in [6.07, 6.45) is 6.72. The Bertz CT molecular complexity index is 2520. The number of carbonyl (C=O) groups is 5. The molecule has 0 aliphatic carbocycles. The Hall–Kier alpha value is -6.70. The van der Waals surface area contributed by atoms with Gasteiger partial charge in [-0.2, -0.15) is 0 Å². The van der Waals surface area contributed by atoms with Gasteiger partial charge in [-0.3, -0.25) is 38.6 Å². The summed E-state index contributed by atoms with van der Waals surface area (Å²) in [6, 6.07) is 14.9. The van der Waals surface area contributed by atoms with Gasteiger partial charge in [-0.25, -0.2) is 4.98 Å². The molecule has 4 N–H and O–H groups in total. The van der Waals surface area contributed by atoms with Gasteiger partial charge in [-0.1, -0.05) is 18.2 Å². The summed E-state index contributed by atoms with van der Waals surface area (Å²) in [6.45, 7) is 8.39. The highest BCUT2D eigenvalue weighted by Gasteiger charge is 2.45. The molecule has 7 rings (SSSR count). The van der Waals surface area contributed by atoms with Crippen LogP contribution in [0.4, 0.5) is 11.5 Å². The van der Waals surface area contributed by atoms with Crippen molar-refractivity contribution in [3.8, 4) is 11.3 Å². The van der Waals surface area contributed by atoms with E-state index in [4.69, 9.17) is 42.3 Å². The average Bonchev–Trinajstić information content (AvgIpc) is 4.17. The van der Waals surface area contributed by atoms with Crippen LogP contribution in [-0.4, -0.2) is 179 Å². The number of carbonyl (C=O) groups excluding carboxylic acids is 5. The molecule has 23 heteroatoms. The third-order valence-electron chi connectivity index (χ3n) is 11.4. The van der Waals surface area contributed by atoms with Crippen molar-refractivity contribution in [2.75, 3.05) is 129 Å². The van der Waals surface area contributed by atoms with Crippen molar-refractivity contribution in [3.63, 3.8) is 0 Å². The molecule has 5 amide bonds. The minimum atomic E-state index is -1.02. The summed E-state index contributed by atoms with van der Waals surface area (Å²) in [5.41, 5.74) is 3.51. The van der Waals surface area contributed by atoms with Gasteiger partial charge < -0.3 is 58.3 Å². The van der Waals surface area contributed by atoms with Crippen molar-refractivity contribution in [2.45, 2.75) is 38.3 Å². The number of amides is 5. The lowest BCUT2D eigenvalue weighted by molar-refractivity contribution is -0.136. The lowest BCUT2D eigenvalue weighted by Gasteiger charge is -2.27. The van der Waals surface area contributed by atoms with E-state index >= 15 is 0 Å². The summed E-state index contributed by atoms with van der Waals surface area (Å²) < 4.78 is 51.7. The van der Waals surface area contributed by atoms with E-state index in [0.29, 0.717) is 148 Å². The van der Waals surface area contributed by atoms with E-state index in [-0.39, 0.29) is 29.9 Å². The number of fused-ring (bicyclic) bond motifs is 2. The van der Waals surface area contributed by atoms with Crippen molar-refractivity contribution in [1.82, 2.24) is 35.1 Å². The number of furan rings is 1. The van der Waals surface area contributed by atoms with Gasteiger partial charge in [0.2, 0.25) is 11.8 Å². The molecule has 0 spiro atoms. The number of nitrogens with zero attached hydrogens (tertiary/aromatic N) is 5. The van der Waals surface area contributed by atoms with Crippen molar-refractivity contribution in [3.05, 3.63) is 95.8 Å². The molecule has 3 aromatic heterocycles. The Kier molecular flexibility index (Phi) is 22.0. The number of rotatable bonds is 36. The second-order valence-corrected chi connectivity index (χ2v) is 16.5. The molecule has 1 saturated heterocycles. The molecule has 5 aromatic rings. The van der Waals surface area contributed by atoms with Gasteiger partial charge in [0, 0.05) is 42.9 Å². The van der Waals surface area contributed by atoms with Crippen molar-refractivity contribution in [2.24, 2.45) is 0 Å². The van der Waals surface area contributed by atoms with E-state index in [0.717, 1.165) is 34.9 Å². The fourth-order valence-electron chi connectivity index (χ4n) is 7.72. The summed E-state index contributed by atoms with van der Waals surface area (Å²) in [7, 11) is 0. The molecule has 1 unspecified atom stereocenters. The van der Waals surface area contributed by atoms with Crippen LogP contribution in [-0.2, 0) is 54.0 Å². The van der Waals surface area contributed by atoms with Crippen LogP contribution in [0.25, 0.3) is 16.9 Å². The Morgan fingerprint density at radius 2 is 1.32 bits per heavy atom. The maximum atomic E-state index is 13.2. The molecule has 5 heterocycles. The van der Waals surface area contributed by atoms with Gasteiger partial charge in [0.15, 0.2) is 5.65 Å². The van der Waals surface area contributed by atoms with E-state index in [1.165, 1.54) is 0 Å². The van der Waals surface area contributed by atoms with Crippen LogP contribution in [0.15, 0.2) is 77.8 Å². The number of nitrogens with one attached hydrogen (secondary N) is 4. The first-order chi connectivity index (χ1) is 35.9. The minimum Gasteiger partial charge on any atom is -0.467 e. The predicted octanol–water partition coefficient (Wildman–Crippen LogP) is 3.15. The van der Waals surface area contributed by atoms with E-state index < -0.39 is 29.7 Å². The number of imide groups is 2. The maximum Gasteiger partial charge on any atom is 0.264 e. The molecule has 392 valence electrons. The van der Waals surface area contributed by atoms with E-state index in [9.17, 15) is 24.0 Å². The Balaban J connectivity index is 0.585. The molecular formula is C50H63N9O14. The normalized spacial score (nSPS) is 14.5. The zero-order chi connectivity index (χ0) is 50.9. The molecule has 0 saturated carbocycles. The number of benzene rings is 2. The van der Waals surface area contributed by atoms with Gasteiger partial charge in [-0.15, -0.1) is 10.2 Å². The molecule has 2 aromatic carbocycles. The second-order valence-electron chi connectivity index (χ2n) is 16.5. The smallest absolute Gasteiger partial charge is 0.264 e. The number of unbranched alkanes of at least 4 members (excludes halogenated alkanes) is 1. The summed E-state index contributed by atoms with van der Waals surface area (Å²) in [5, 5.41) is 19.9.